The molecule has 1 heterocycles. The van der Waals surface area contributed by atoms with Gasteiger partial charge >= 0.3 is 0 Å². The molecule has 1 saturated carbocycles. The molecule has 0 radical (unpaired) electrons. The molecule has 0 bridgehead atoms. The van der Waals surface area contributed by atoms with Crippen molar-refractivity contribution in [1.29, 1.82) is 0 Å². The monoisotopic (exact) mass is 576 g/mol. The van der Waals surface area contributed by atoms with Crippen molar-refractivity contribution in [3.63, 3.8) is 0 Å². The minimum absolute atomic E-state index is 0.0492. The number of sulfonamides is 1. The molecule has 0 N–H and O–H groups in total. The number of hydrogen-bond acceptors (Lipinski definition) is 3. The maximum atomic E-state index is 14.6. The summed E-state index contributed by atoms with van der Waals surface area (Å²) in [5, 5.41) is 0.969. The highest BCUT2D eigenvalue weighted by molar-refractivity contribution is 7.90. The predicted molar refractivity (Wildman–Crippen MR) is 156 cm³/mol. The normalized spacial score (nSPS) is 25.0. The molecule has 1 amide bonds. The lowest BCUT2D eigenvalue weighted by Crippen LogP contribution is -2.58. The van der Waals surface area contributed by atoms with Gasteiger partial charge in [-0.15, -0.1) is 6.58 Å². The number of amides is 1. The Balaban J connectivity index is 1.87. The van der Waals surface area contributed by atoms with Crippen molar-refractivity contribution in [2.45, 2.75) is 75.6 Å². The number of likely N-dealkylation sites (tertiary alicyclic amines) is 1. The van der Waals surface area contributed by atoms with Crippen LogP contribution in [0.1, 0.15) is 75.5 Å². The Hall–Kier alpha value is -1.86. The second-order valence-corrected chi connectivity index (χ2v) is 14.0. The summed E-state index contributed by atoms with van der Waals surface area (Å²) < 4.78 is 27.6. The van der Waals surface area contributed by atoms with Gasteiger partial charge in [0.1, 0.15) is 0 Å². The molecule has 2 aromatic carbocycles. The van der Waals surface area contributed by atoms with Gasteiger partial charge in [0, 0.05) is 35.6 Å². The first-order valence-corrected chi connectivity index (χ1v) is 15.7. The standard InChI is InChI=1S/C30H38Cl2N2O3S/c1-5-17-30(7-3)19-27(22-9-8-10-24(32)18-22)28(21-11-13-23(31)14-12-21)34(29(30)35)25(6-2)20-33(4)38(36,37)26-15-16-26/h5,8-14,18,25-28H,1,6-7,15-17,19-20H2,2-4H3/t25-,27+,28+,30-/m0/s1. The third-order valence-corrected chi connectivity index (χ3v) is 11.2. The summed E-state index contributed by atoms with van der Waals surface area (Å²) in [7, 11) is -1.74. The van der Waals surface area contributed by atoms with Crippen LogP contribution >= 0.6 is 23.2 Å². The molecule has 1 saturated heterocycles. The van der Waals surface area contributed by atoms with Gasteiger partial charge in [0.15, 0.2) is 0 Å². The zero-order valence-electron chi connectivity index (χ0n) is 22.4. The summed E-state index contributed by atoms with van der Waals surface area (Å²) in [6.07, 6.45) is 5.72. The van der Waals surface area contributed by atoms with Crippen molar-refractivity contribution in [2.75, 3.05) is 13.6 Å². The van der Waals surface area contributed by atoms with E-state index in [1.54, 1.807) is 7.05 Å². The molecule has 38 heavy (non-hydrogen) atoms. The Labute approximate surface area is 237 Å². The van der Waals surface area contributed by atoms with Gasteiger partial charge in [-0.05, 0) is 73.9 Å². The fourth-order valence-corrected chi connectivity index (χ4v) is 7.96. The van der Waals surface area contributed by atoms with Gasteiger partial charge in [-0.3, -0.25) is 4.79 Å². The van der Waals surface area contributed by atoms with Crippen LogP contribution in [0.3, 0.4) is 0 Å². The highest BCUT2D eigenvalue weighted by atomic mass is 35.5. The first-order chi connectivity index (χ1) is 18.1. The Morgan fingerprint density at radius 1 is 1.11 bits per heavy atom. The molecule has 0 spiro atoms. The maximum Gasteiger partial charge on any atom is 0.229 e. The quantitative estimate of drug-likeness (QED) is 0.265. The van der Waals surface area contributed by atoms with Crippen LogP contribution < -0.4 is 0 Å². The van der Waals surface area contributed by atoms with Gasteiger partial charge in [0.25, 0.3) is 0 Å². The average molecular weight is 578 g/mol. The van der Waals surface area contributed by atoms with Crippen molar-refractivity contribution in [3.8, 4) is 0 Å². The molecular weight excluding hydrogens is 539 g/mol. The SMILES string of the molecule is C=CC[C@@]1(CC)C[C@H](c2cccc(Cl)c2)[C@@H](c2ccc(Cl)cc2)N([C@@H](CC)CN(C)S(=O)(=O)C2CC2)C1=O. The minimum Gasteiger partial charge on any atom is -0.330 e. The summed E-state index contributed by atoms with van der Waals surface area (Å²) in [4.78, 5) is 16.6. The molecule has 2 aliphatic rings. The molecule has 1 aliphatic carbocycles. The third-order valence-electron chi connectivity index (χ3n) is 8.39. The fraction of sp³-hybridized carbons (Fsp3) is 0.500. The van der Waals surface area contributed by atoms with Gasteiger partial charge in [-0.25, -0.2) is 12.7 Å². The van der Waals surface area contributed by atoms with Crippen LogP contribution in [0.4, 0.5) is 0 Å². The molecule has 206 valence electrons. The van der Waals surface area contributed by atoms with Crippen LogP contribution in [-0.4, -0.2) is 48.4 Å². The molecule has 4 rings (SSSR count). The molecular formula is C30H38Cl2N2O3S. The molecule has 2 fully saturated rings. The van der Waals surface area contributed by atoms with E-state index in [4.69, 9.17) is 23.2 Å². The van der Waals surface area contributed by atoms with Crippen LogP contribution in [0.2, 0.25) is 10.0 Å². The van der Waals surface area contributed by atoms with E-state index >= 15 is 0 Å². The molecule has 8 heteroatoms. The van der Waals surface area contributed by atoms with Crippen molar-refractivity contribution < 1.29 is 13.2 Å². The number of benzene rings is 2. The first-order valence-electron chi connectivity index (χ1n) is 13.5. The van der Waals surface area contributed by atoms with E-state index in [2.05, 4.69) is 19.6 Å². The Morgan fingerprint density at radius 2 is 1.79 bits per heavy atom. The molecule has 0 aromatic heterocycles. The fourth-order valence-electron chi connectivity index (χ4n) is 6.02. The van der Waals surface area contributed by atoms with Crippen LogP contribution in [0, 0.1) is 5.41 Å². The van der Waals surface area contributed by atoms with Gasteiger partial charge in [0.05, 0.1) is 16.7 Å². The number of halogens is 2. The molecule has 0 unspecified atom stereocenters. The Kier molecular flexibility index (Phi) is 8.98. The van der Waals surface area contributed by atoms with E-state index in [1.165, 1.54) is 4.31 Å². The van der Waals surface area contributed by atoms with Crippen molar-refractivity contribution in [3.05, 3.63) is 82.4 Å². The lowest BCUT2D eigenvalue weighted by molar-refractivity contribution is -0.156. The summed E-state index contributed by atoms with van der Waals surface area (Å²) in [5.41, 5.74) is 1.40. The Morgan fingerprint density at radius 3 is 2.34 bits per heavy atom. The zero-order chi connectivity index (χ0) is 27.7. The van der Waals surface area contributed by atoms with Crippen molar-refractivity contribution in [1.82, 2.24) is 9.21 Å². The van der Waals surface area contributed by atoms with Gasteiger partial charge in [-0.2, -0.15) is 0 Å². The molecule has 1 aliphatic heterocycles. The summed E-state index contributed by atoms with van der Waals surface area (Å²) >= 11 is 12.7. The molecule has 5 nitrogen and oxygen atoms in total. The third kappa shape index (κ3) is 5.70. The highest BCUT2D eigenvalue weighted by Gasteiger charge is 2.52. The van der Waals surface area contributed by atoms with Crippen LogP contribution in [0.25, 0.3) is 0 Å². The number of rotatable bonds is 11. The second kappa shape index (κ2) is 11.7. The van der Waals surface area contributed by atoms with E-state index in [0.29, 0.717) is 48.6 Å². The van der Waals surface area contributed by atoms with Crippen molar-refractivity contribution >= 4 is 39.1 Å². The molecule has 4 atom stereocenters. The number of hydrogen-bond donors (Lipinski definition) is 0. The topological polar surface area (TPSA) is 57.7 Å². The van der Waals surface area contributed by atoms with Gasteiger partial charge in [0.2, 0.25) is 15.9 Å². The number of carbonyl (C=O) groups excluding carboxylic acids is 1. The predicted octanol–water partition coefficient (Wildman–Crippen LogP) is 7.23. The zero-order valence-corrected chi connectivity index (χ0v) is 24.8. The summed E-state index contributed by atoms with van der Waals surface area (Å²) in [6.45, 7) is 8.32. The average Bonchev–Trinajstić information content (AvgIpc) is 3.75. The van der Waals surface area contributed by atoms with E-state index in [1.807, 2.05) is 60.4 Å². The largest absolute Gasteiger partial charge is 0.330 e. The molecule has 2 aromatic rings. The lowest BCUT2D eigenvalue weighted by atomic mass is 9.65. The Bertz CT molecular complexity index is 1260. The van der Waals surface area contributed by atoms with Crippen LogP contribution in [-0.2, 0) is 14.8 Å². The van der Waals surface area contributed by atoms with E-state index in [0.717, 1.165) is 11.1 Å². The van der Waals surface area contributed by atoms with Gasteiger partial charge < -0.3 is 4.90 Å². The number of piperidine rings is 1. The number of allylic oxidation sites excluding steroid dienone is 1. The summed E-state index contributed by atoms with van der Waals surface area (Å²) in [6, 6.07) is 14.9. The number of nitrogens with zero attached hydrogens (tertiary/aromatic N) is 2. The lowest BCUT2D eigenvalue weighted by Gasteiger charge is -2.53. The summed E-state index contributed by atoms with van der Waals surface area (Å²) in [5.74, 6) is 0.00840. The van der Waals surface area contributed by atoms with E-state index in [9.17, 15) is 13.2 Å². The van der Waals surface area contributed by atoms with Gasteiger partial charge in [-0.1, -0.05) is 67.4 Å². The van der Waals surface area contributed by atoms with Crippen LogP contribution in [0.5, 0.6) is 0 Å². The van der Waals surface area contributed by atoms with Crippen LogP contribution in [0.15, 0.2) is 61.2 Å². The highest BCUT2D eigenvalue weighted by Crippen LogP contribution is 2.53. The first kappa shape index (κ1) is 29.1. The number of likely N-dealkylation sites (N-methyl/N-ethyl adjacent to an activating group) is 1. The smallest absolute Gasteiger partial charge is 0.229 e. The van der Waals surface area contributed by atoms with E-state index < -0.39 is 15.4 Å². The number of carbonyl (C=O) groups is 1. The maximum absolute atomic E-state index is 14.6. The second-order valence-electron chi connectivity index (χ2n) is 10.8. The van der Waals surface area contributed by atoms with Crippen molar-refractivity contribution in [2.24, 2.45) is 5.41 Å². The minimum atomic E-state index is -3.39. The van der Waals surface area contributed by atoms with E-state index in [-0.39, 0.29) is 35.7 Å².